The number of amides is 2. The fourth-order valence-corrected chi connectivity index (χ4v) is 2.52. The van der Waals surface area contributed by atoms with Crippen molar-refractivity contribution in [1.29, 1.82) is 0 Å². The number of benzene rings is 1. The monoisotopic (exact) mass is 350 g/mol. The second-order valence-electron chi connectivity index (χ2n) is 7.16. The van der Waals surface area contributed by atoms with Crippen LogP contribution >= 0.6 is 0 Å². The zero-order chi connectivity index (χ0) is 18.4. The molecule has 2 atom stereocenters. The Kier molecular flexibility index (Phi) is 6.25. The number of carbonyl (C=O) groups is 2. The van der Waals surface area contributed by atoms with Crippen LogP contribution in [0.15, 0.2) is 30.3 Å². The standard InChI is InChI=1S/C18H26N2O5/c1-18(2,3)25-17(23)20-10-14(15(21)11-20)9-19-16(22)24-12-13-7-5-4-6-8-13/h4-8,14-15,21H,9-12H2,1-3H3,(H,19,22). The first-order chi connectivity index (χ1) is 11.7. The summed E-state index contributed by atoms with van der Waals surface area (Å²) in [5.41, 5.74) is 0.314. The highest BCUT2D eigenvalue weighted by atomic mass is 16.6. The lowest BCUT2D eigenvalue weighted by molar-refractivity contribution is 0.0270. The van der Waals surface area contributed by atoms with Gasteiger partial charge in [-0.2, -0.15) is 0 Å². The molecule has 7 nitrogen and oxygen atoms in total. The first-order valence-electron chi connectivity index (χ1n) is 8.35. The number of alkyl carbamates (subject to hydrolysis) is 1. The van der Waals surface area contributed by atoms with Crippen LogP contribution in [-0.4, -0.2) is 53.5 Å². The molecule has 0 aromatic heterocycles. The van der Waals surface area contributed by atoms with Gasteiger partial charge in [0.1, 0.15) is 12.2 Å². The molecule has 1 aliphatic heterocycles. The summed E-state index contributed by atoms with van der Waals surface area (Å²) in [5.74, 6) is -0.253. The van der Waals surface area contributed by atoms with Crippen LogP contribution < -0.4 is 5.32 Å². The number of hydrogen-bond donors (Lipinski definition) is 2. The predicted octanol–water partition coefficient (Wildman–Crippen LogP) is 2.14. The van der Waals surface area contributed by atoms with E-state index in [9.17, 15) is 14.7 Å². The molecule has 2 unspecified atom stereocenters. The van der Waals surface area contributed by atoms with Gasteiger partial charge in [-0.25, -0.2) is 9.59 Å². The summed E-state index contributed by atoms with van der Waals surface area (Å²) in [5, 5.41) is 12.7. The van der Waals surface area contributed by atoms with Gasteiger partial charge in [0.25, 0.3) is 0 Å². The average Bonchev–Trinajstić information content (AvgIpc) is 2.91. The van der Waals surface area contributed by atoms with Crippen molar-refractivity contribution in [1.82, 2.24) is 10.2 Å². The number of nitrogens with one attached hydrogen (secondary N) is 1. The second-order valence-corrected chi connectivity index (χ2v) is 7.16. The van der Waals surface area contributed by atoms with E-state index in [2.05, 4.69) is 5.32 Å². The molecule has 138 valence electrons. The van der Waals surface area contributed by atoms with Gasteiger partial charge in [-0.3, -0.25) is 0 Å². The topological polar surface area (TPSA) is 88.1 Å². The van der Waals surface area contributed by atoms with E-state index in [0.29, 0.717) is 6.54 Å². The molecule has 0 saturated carbocycles. The van der Waals surface area contributed by atoms with Gasteiger partial charge < -0.3 is 24.8 Å². The fraction of sp³-hybridized carbons (Fsp3) is 0.556. The molecule has 1 fully saturated rings. The van der Waals surface area contributed by atoms with Crippen LogP contribution in [0.4, 0.5) is 9.59 Å². The lowest BCUT2D eigenvalue weighted by Crippen LogP contribution is -2.36. The number of rotatable bonds is 4. The average molecular weight is 350 g/mol. The number of hydrogen-bond acceptors (Lipinski definition) is 5. The molecule has 1 saturated heterocycles. The quantitative estimate of drug-likeness (QED) is 0.869. The Labute approximate surface area is 147 Å². The van der Waals surface area contributed by atoms with E-state index < -0.39 is 23.9 Å². The minimum absolute atomic E-state index is 0.184. The van der Waals surface area contributed by atoms with Gasteiger partial charge in [-0.1, -0.05) is 30.3 Å². The van der Waals surface area contributed by atoms with Crippen LogP contribution in [-0.2, 0) is 16.1 Å². The highest BCUT2D eigenvalue weighted by molar-refractivity contribution is 5.69. The molecule has 0 radical (unpaired) electrons. The molecular weight excluding hydrogens is 324 g/mol. The van der Waals surface area contributed by atoms with Crippen molar-refractivity contribution in [2.45, 2.75) is 39.1 Å². The van der Waals surface area contributed by atoms with E-state index in [4.69, 9.17) is 9.47 Å². The Hall–Kier alpha value is -2.28. The number of β-amino-alcohol motifs (C(OH)–C–C–N with tert-alkyl or cyclic N) is 1. The van der Waals surface area contributed by atoms with Crippen molar-refractivity contribution in [2.75, 3.05) is 19.6 Å². The van der Waals surface area contributed by atoms with Gasteiger partial charge in [0.05, 0.1) is 12.6 Å². The highest BCUT2D eigenvalue weighted by Gasteiger charge is 2.36. The zero-order valence-corrected chi connectivity index (χ0v) is 14.9. The van der Waals surface area contributed by atoms with E-state index in [0.717, 1.165) is 5.56 Å². The summed E-state index contributed by atoms with van der Waals surface area (Å²) in [4.78, 5) is 25.2. The largest absolute Gasteiger partial charge is 0.445 e. The van der Waals surface area contributed by atoms with Crippen LogP contribution in [0.1, 0.15) is 26.3 Å². The van der Waals surface area contributed by atoms with Crippen molar-refractivity contribution in [3.63, 3.8) is 0 Å². The normalized spacial score (nSPS) is 20.2. The smallest absolute Gasteiger partial charge is 0.410 e. The Morgan fingerprint density at radius 2 is 1.92 bits per heavy atom. The van der Waals surface area contributed by atoms with Gasteiger partial charge in [0.2, 0.25) is 0 Å². The lowest BCUT2D eigenvalue weighted by Gasteiger charge is -2.24. The molecule has 1 heterocycles. The summed E-state index contributed by atoms with van der Waals surface area (Å²) >= 11 is 0. The highest BCUT2D eigenvalue weighted by Crippen LogP contribution is 2.19. The number of likely N-dealkylation sites (tertiary alicyclic amines) is 1. The Morgan fingerprint density at radius 1 is 1.24 bits per heavy atom. The molecule has 1 aromatic carbocycles. The minimum Gasteiger partial charge on any atom is -0.445 e. The molecule has 2 rings (SSSR count). The third-order valence-corrected chi connectivity index (χ3v) is 3.78. The number of nitrogens with zero attached hydrogens (tertiary/aromatic N) is 1. The zero-order valence-electron chi connectivity index (χ0n) is 14.9. The van der Waals surface area contributed by atoms with Gasteiger partial charge in [-0.15, -0.1) is 0 Å². The lowest BCUT2D eigenvalue weighted by atomic mass is 10.1. The third kappa shape index (κ3) is 6.26. The maximum absolute atomic E-state index is 12.0. The molecule has 2 N–H and O–H groups in total. The molecular formula is C18H26N2O5. The Balaban J connectivity index is 1.73. The Bertz CT molecular complexity index is 585. The van der Waals surface area contributed by atoms with E-state index in [-0.39, 0.29) is 25.6 Å². The van der Waals surface area contributed by atoms with Gasteiger partial charge >= 0.3 is 12.2 Å². The third-order valence-electron chi connectivity index (χ3n) is 3.78. The van der Waals surface area contributed by atoms with Crippen LogP contribution in [0, 0.1) is 5.92 Å². The van der Waals surface area contributed by atoms with Gasteiger partial charge in [-0.05, 0) is 26.3 Å². The molecule has 1 aromatic rings. The summed E-state index contributed by atoms with van der Waals surface area (Å²) in [6.07, 6.45) is -1.71. The van der Waals surface area contributed by atoms with Crippen LogP contribution in [0.3, 0.4) is 0 Å². The van der Waals surface area contributed by atoms with Crippen LogP contribution in [0.25, 0.3) is 0 Å². The number of aliphatic hydroxyl groups is 1. The van der Waals surface area contributed by atoms with Crippen LogP contribution in [0.2, 0.25) is 0 Å². The molecule has 1 aliphatic rings. The first kappa shape index (κ1) is 19.1. The van der Waals surface area contributed by atoms with E-state index in [1.165, 1.54) is 4.90 Å². The van der Waals surface area contributed by atoms with E-state index >= 15 is 0 Å². The number of ether oxygens (including phenoxy) is 2. The van der Waals surface area contributed by atoms with E-state index in [1.54, 1.807) is 20.8 Å². The number of aliphatic hydroxyl groups excluding tert-OH is 1. The summed E-state index contributed by atoms with van der Waals surface area (Å²) < 4.78 is 10.4. The molecule has 7 heteroatoms. The molecule has 0 bridgehead atoms. The van der Waals surface area contributed by atoms with Crippen molar-refractivity contribution in [2.24, 2.45) is 5.92 Å². The summed E-state index contributed by atoms with van der Waals surface area (Å²) in [6.45, 7) is 6.31. The maximum atomic E-state index is 12.0. The van der Waals surface area contributed by atoms with Gasteiger partial charge in [0, 0.05) is 19.0 Å². The van der Waals surface area contributed by atoms with Gasteiger partial charge in [0.15, 0.2) is 0 Å². The summed E-state index contributed by atoms with van der Waals surface area (Å²) in [6, 6.07) is 9.37. The van der Waals surface area contributed by atoms with Crippen molar-refractivity contribution in [3.8, 4) is 0 Å². The second kappa shape index (κ2) is 8.20. The number of carbonyl (C=O) groups excluding carboxylic acids is 2. The fourth-order valence-electron chi connectivity index (χ4n) is 2.52. The van der Waals surface area contributed by atoms with Crippen molar-refractivity contribution >= 4 is 12.2 Å². The molecule has 2 amide bonds. The first-order valence-corrected chi connectivity index (χ1v) is 8.35. The van der Waals surface area contributed by atoms with Crippen molar-refractivity contribution < 1.29 is 24.2 Å². The van der Waals surface area contributed by atoms with E-state index in [1.807, 2.05) is 30.3 Å². The molecule has 0 aliphatic carbocycles. The van der Waals surface area contributed by atoms with Crippen LogP contribution in [0.5, 0.6) is 0 Å². The summed E-state index contributed by atoms with van der Waals surface area (Å²) in [7, 11) is 0. The predicted molar refractivity (Wildman–Crippen MR) is 91.9 cm³/mol. The molecule has 25 heavy (non-hydrogen) atoms. The van der Waals surface area contributed by atoms with Crippen molar-refractivity contribution in [3.05, 3.63) is 35.9 Å². The minimum atomic E-state index is -0.707. The Morgan fingerprint density at radius 3 is 2.56 bits per heavy atom. The molecule has 0 spiro atoms. The maximum Gasteiger partial charge on any atom is 0.410 e. The SMILES string of the molecule is CC(C)(C)OC(=O)N1CC(O)C(CNC(=O)OCc2ccccc2)C1.